The molecule has 0 amide bonds. The van der Waals surface area contributed by atoms with E-state index in [-0.39, 0.29) is 0 Å². The van der Waals surface area contributed by atoms with Crippen molar-refractivity contribution in [3.8, 4) is 23.0 Å². The molecule has 0 spiro atoms. The van der Waals surface area contributed by atoms with E-state index in [0.717, 1.165) is 29.9 Å². The highest BCUT2D eigenvalue weighted by molar-refractivity contribution is 9.09. The zero-order chi connectivity index (χ0) is 19.3. The lowest BCUT2D eigenvalue weighted by molar-refractivity contribution is -0.00606. The number of hydrogen-bond donors (Lipinski definition) is 0. The molecule has 27 heavy (non-hydrogen) atoms. The van der Waals surface area contributed by atoms with Crippen LogP contribution in [0.1, 0.15) is 26.2 Å². The summed E-state index contributed by atoms with van der Waals surface area (Å²) in [6.07, 6.45) is 2.41. The molecule has 0 aliphatic rings. The SMILES string of the molecule is CCCCC(Oc1ccccc1OCCBr)Oc1ccccc1OCCBr. The number of unbranched alkanes of at least 4 members (excludes halogenated alkanes) is 1. The van der Waals surface area contributed by atoms with E-state index in [4.69, 9.17) is 18.9 Å². The Hall–Kier alpha value is -1.40. The second-order valence-corrected chi connectivity index (χ2v) is 7.36. The van der Waals surface area contributed by atoms with Crippen molar-refractivity contribution in [3.63, 3.8) is 0 Å². The van der Waals surface area contributed by atoms with E-state index >= 15 is 0 Å². The Morgan fingerprint density at radius 1 is 0.741 bits per heavy atom. The molecule has 0 heterocycles. The van der Waals surface area contributed by atoms with Gasteiger partial charge >= 0.3 is 0 Å². The van der Waals surface area contributed by atoms with Crippen LogP contribution in [0.3, 0.4) is 0 Å². The molecular weight excluding hydrogens is 476 g/mol. The Morgan fingerprint density at radius 3 is 1.59 bits per heavy atom. The largest absolute Gasteiger partial charge is 0.489 e. The molecule has 0 bridgehead atoms. The first-order valence-electron chi connectivity index (χ1n) is 9.17. The van der Waals surface area contributed by atoms with Crippen LogP contribution in [0, 0.1) is 0 Å². The van der Waals surface area contributed by atoms with Crippen molar-refractivity contribution in [2.24, 2.45) is 0 Å². The van der Waals surface area contributed by atoms with Gasteiger partial charge in [0.15, 0.2) is 23.0 Å². The van der Waals surface area contributed by atoms with Gasteiger partial charge in [0.05, 0.1) is 13.2 Å². The topological polar surface area (TPSA) is 36.9 Å². The first kappa shape index (κ1) is 21.9. The van der Waals surface area contributed by atoms with Gasteiger partial charge in [-0.15, -0.1) is 0 Å². The van der Waals surface area contributed by atoms with Crippen LogP contribution in [0.5, 0.6) is 23.0 Å². The van der Waals surface area contributed by atoms with Crippen LogP contribution in [0.15, 0.2) is 48.5 Å². The van der Waals surface area contributed by atoms with Crippen LogP contribution in [0.4, 0.5) is 0 Å². The molecule has 0 unspecified atom stereocenters. The fourth-order valence-corrected chi connectivity index (χ4v) is 2.75. The normalized spacial score (nSPS) is 10.7. The van der Waals surface area contributed by atoms with E-state index < -0.39 is 6.29 Å². The zero-order valence-corrected chi connectivity index (χ0v) is 18.7. The maximum Gasteiger partial charge on any atom is 0.241 e. The molecule has 0 N–H and O–H groups in total. The van der Waals surface area contributed by atoms with Crippen molar-refractivity contribution in [2.75, 3.05) is 23.9 Å². The molecule has 148 valence electrons. The number of benzene rings is 2. The van der Waals surface area contributed by atoms with Gasteiger partial charge in [0.1, 0.15) is 0 Å². The van der Waals surface area contributed by atoms with Crippen molar-refractivity contribution in [2.45, 2.75) is 32.5 Å². The van der Waals surface area contributed by atoms with E-state index in [2.05, 4.69) is 38.8 Å². The Bertz CT molecular complexity index is 613. The lowest BCUT2D eigenvalue weighted by Crippen LogP contribution is -2.24. The van der Waals surface area contributed by atoms with E-state index in [1.807, 2.05) is 48.5 Å². The molecule has 2 aromatic carbocycles. The summed E-state index contributed by atoms with van der Waals surface area (Å²) in [7, 11) is 0. The van der Waals surface area contributed by atoms with Gasteiger partial charge in [-0.1, -0.05) is 69.5 Å². The number of rotatable bonds is 13. The Kier molecular flexibility index (Phi) is 10.5. The van der Waals surface area contributed by atoms with Gasteiger partial charge in [-0.25, -0.2) is 0 Å². The van der Waals surface area contributed by atoms with Gasteiger partial charge in [0.25, 0.3) is 0 Å². The standard InChI is InChI=1S/C21H26Br2O4/c1-2-3-12-21(26-19-10-6-4-8-17(19)24-15-13-22)27-20-11-7-5-9-18(20)25-16-14-23/h4-11,21H,2-3,12-16H2,1H3. The Morgan fingerprint density at radius 2 is 1.19 bits per heavy atom. The van der Waals surface area contributed by atoms with Crippen LogP contribution >= 0.6 is 31.9 Å². The Labute approximate surface area is 178 Å². The second-order valence-electron chi connectivity index (χ2n) is 5.78. The van der Waals surface area contributed by atoms with Crippen molar-refractivity contribution >= 4 is 31.9 Å². The van der Waals surface area contributed by atoms with Gasteiger partial charge in [-0.3, -0.25) is 0 Å². The minimum Gasteiger partial charge on any atom is -0.489 e. The van der Waals surface area contributed by atoms with Crippen molar-refractivity contribution < 1.29 is 18.9 Å². The van der Waals surface area contributed by atoms with E-state index in [1.165, 1.54) is 0 Å². The van der Waals surface area contributed by atoms with Crippen molar-refractivity contribution in [1.29, 1.82) is 0 Å². The predicted octanol–water partition coefficient (Wildman–Crippen LogP) is 6.21. The highest BCUT2D eigenvalue weighted by atomic mass is 79.9. The fourth-order valence-electron chi connectivity index (χ4n) is 2.43. The third kappa shape index (κ3) is 7.62. The van der Waals surface area contributed by atoms with Crippen LogP contribution < -0.4 is 18.9 Å². The highest BCUT2D eigenvalue weighted by Crippen LogP contribution is 2.32. The van der Waals surface area contributed by atoms with Gasteiger partial charge in [-0.05, 0) is 30.7 Å². The average Bonchev–Trinajstić information content (AvgIpc) is 2.70. The summed E-state index contributed by atoms with van der Waals surface area (Å²) < 4.78 is 23.9. The number of alkyl halides is 2. The van der Waals surface area contributed by atoms with Crippen molar-refractivity contribution in [3.05, 3.63) is 48.5 Å². The summed E-state index contributed by atoms with van der Waals surface area (Å²) in [6.45, 7) is 3.30. The molecule has 0 aromatic heterocycles. The molecular formula is C21H26Br2O4. The third-order valence-corrected chi connectivity index (χ3v) is 4.33. The quantitative estimate of drug-likeness (QED) is 0.241. The molecule has 2 aromatic rings. The lowest BCUT2D eigenvalue weighted by atomic mass is 10.2. The summed E-state index contributed by atoms with van der Waals surface area (Å²) in [5, 5.41) is 1.52. The predicted molar refractivity (Wildman–Crippen MR) is 116 cm³/mol. The maximum atomic E-state index is 6.18. The molecule has 2 rings (SSSR count). The number of hydrogen-bond acceptors (Lipinski definition) is 4. The monoisotopic (exact) mass is 500 g/mol. The van der Waals surface area contributed by atoms with Gasteiger partial charge < -0.3 is 18.9 Å². The number of halogens is 2. The molecule has 4 nitrogen and oxygen atoms in total. The van der Waals surface area contributed by atoms with Gasteiger partial charge in [0.2, 0.25) is 6.29 Å². The van der Waals surface area contributed by atoms with Crippen LogP contribution in [-0.4, -0.2) is 30.2 Å². The molecule has 0 atom stereocenters. The number of ether oxygens (including phenoxy) is 4. The van der Waals surface area contributed by atoms with E-state index in [9.17, 15) is 0 Å². The molecule has 0 fully saturated rings. The van der Waals surface area contributed by atoms with Crippen LogP contribution in [0.25, 0.3) is 0 Å². The van der Waals surface area contributed by atoms with Crippen LogP contribution in [-0.2, 0) is 0 Å². The summed E-state index contributed by atoms with van der Waals surface area (Å²) in [5.74, 6) is 2.79. The first-order valence-corrected chi connectivity index (χ1v) is 11.4. The summed E-state index contributed by atoms with van der Waals surface area (Å²) >= 11 is 6.76. The van der Waals surface area contributed by atoms with Gasteiger partial charge in [0, 0.05) is 17.1 Å². The fraction of sp³-hybridized carbons (Fsp3) is 0.429. The summed E-state index contributed by atoms with van der Waals surface area (Å²) in [4.78, 5) is 0. The average molecular weight is 502 g/mol. The smallest absolute Gasteiger partial charge is 0.241 e. The van der Waals surface area contributed by atoms with Gasteiger partial charge in [-0.2, -0.15) is 0 Å². The molecule has 6 heteroatoms. The third-order valence-electron chi connectivity index (χ3n) is 3.68. The molecule has 0 saturated heterocycles. The lowest BCUT2D eigenvalue weighted by Gasteiger charge is -2.23. The zero-order valence-electron chi connectivity index (χ0n) is 15.5. The summed E-state index contributed by atoms with van der Waals surface area (Å²) in [5.41, 5.74) is 0. The maximum absolute atomic E-state index is 6.18. The molecule has 0 aliphatic heterocycles. The van der Waals surface area contributed by atoms with Crippen LogP contribution in [0.2, 0.25) is 0 Å². The minimum absolute atomic E-state index is 0.424. The minimum atomic E-state index is -0.424. The number of para-hydroxylation sites is 4. The highest BCUT2D eigenvalue weighted by Gasteiger charge is 2.17. The second kappa shape index (κ2) is 12.9. The first-order chi connectivity index (χ1) is 13.3. The Balaban J connectivity index is 2.14. The molecule has 0 aliphatic carbocycles. The summed E-state index contributed by atoms with van der Waals surface area (Å²) in [6, 6.07) is 15.3. The van der Waals surface area contributed by atoms with E-state index in [1.54, 1.807) is 0 Å². The van der Waals surface area contributed by atoms with Crippen molar-refractivity contribution in [1.82, 2.24) is 0 Å². The molecule has 0 radical (unpaired) electrons. The molecule has 0 saturated carbocycles. The van der Waals surface area contributed by atoms with E-state index in [0.29, 0.717) is 36.2 Å².